The third kappa shape index (κ3) is 5.21. The first kappa shape index (κ1) is 22.1. The molecule has 4 rings (SSSR count). The molecule has 0 spiro atoms. The number of hydrogen-bond donors (Lipinski definition) is 2. The number of carbonyl (C=O) groups is 1. The van der Waals surface area contributed by atoms with Crippen molar-refractivity contribution in [1.29, 1.82) is 0 Å². The molecule has 32 heavy (non-hydrogen) atoms. The summed E-state index contributed by atoms with van der Waals surface area (Å²) in [5.74, 6) is 1.16. The van der Waals surface area contributed by atoms with Gasteiger partial charge in [0, 0.05) is 44.2 Å². The van der Waals surface area contributed by atoms with Gasteiger partial charge in [-0.2, -0.15) is 4.31 Å². The van der Waals surface area contributed by atoms with E-state index in [1.165, 1.54) is 22.6 Å². The van der Waals surface area contributed by atoms with Gasteiger partial charge in [-0.15, -0.1) is 21.5 Å². The van der Waals surface area contributed by atoms with E-state index in [-0.39, 0.29) is 10.1 Å². The van der Waals surface area contributed by atoms with Gasteiger partial charge in [-0.1, -0.05) is 0 Å². The van der Waals surface area contributed by atoms with Gasteiger partial charge in [-0.3, -0.25) is 9.78 Å². The van der Waals surface area contributed by atoms with Crippen LogP contribution in [0.4, 0.5) is 17.3 Å². The fourth-order valence-corrected chi connectivity index (χ4v) is 6.11. The average molecular weight is 474 g/mol. The van der Waals surface area contributed by atoms with E-state index in [1.807, 2.05) is 29.2 Å². The van der Waals surface area contributed by atoms with E-state index in [2.05, 4.69) is 25.8 Å². The molecule has 0 atom stereocenters. The lowest BCUT2D eigenvalue weighted by molar-refractivity contribution is -0.119. The smallest absolute Gasteiger partial charge is 0.252 e. The summed E-state index contributed by atoms with van der Waals surface area (Å²) < 4.78 is 27.8. The molecule has 0 radical (unpaired) electrons. The molecule has 2 N–H and O–H groups in total. The predicted octanol–water partition coefficient (Wildman–Crippen LogP) is 1.82. The van der Waals surface area contributed by atoms with Gasteiger partial charge in [0.15, 0.2) is 11.6 Å². The Kier molecular flexibility index (Phi) is 6.63. The Morgan fingerprint density at radius 1 is 1.09 bits per heavy atom. The number of amides is 1. The lowest BCUT2D eigenvalue weighted by Gasteiger charge is -2.34. The van der Waals surface area contributed by atoms with Gasteiger partial charge in [0.2, 0.25) is 5.91 Å². The summed E-state index contributed by atoms with van der Waals surface area (Å²) in [6.07, 6.45) is 3.40. The maximum Gasteiger partial charge on any atom is 0.252 e. The highest BCUT2D eigenvalue weighted by molar-refractivity contribution is 7.91. The molecule has 10 nitrogen and oxygen atoms in total. The minimum absolute atomic E-state index is 0.150. The zero-order valence-electron chi connectivity index (χ0n) is 17.4. The van der Waals surface area contributed by atoms with Crippen molar-refractivity contribution in [2.75, 3.05) is 36.4 Å². The molecular formula is C20H23N7O3S2. The Morgan fingerprint density at radius 2 is 1.91 bits per heavy atom. The lowest BCUT2D eigenvalue weighted by Crippen LogP contribution is -2.48. The topological polar surface area (TPSA) is 120 Å². The second-order valence-electron chi connectivity index (χ2n) is 7.17. The van der Waals surface area contributed by atoms with Crippen LogP contribution in [0.25, 0.3) is 0 Å². The molecule has 0 unspecified atom stereocenters. The third-order valence-corrected chi connectivity index (χ3v) is 8.34. The average Bonchev–Trinajstić information content (AvgIpc) is 3.29. The summed E-state index contributed by atoms with van der Waals surface area (Å²) in [5, 5.41) is 14.3. The number of thiophene rings is 1. The molecule has 0 aliphatic carbocycles. The van der Waals surface area contributed by atoms with Crippen LogP contribution in [0.3, 0.4) is 0 Å². The molecule has 1 aliphatic rings. The molecule has 1 amide bonds. The number of aromatic nitrogens is 3. The van der Waals surface area contributed by atoms with Gasteiger partial charge in [-0.05, 0) is 36.4 Å². The molecule has 0 aromatic carbocycles. The fraction of sp³-hybridized carbons (Fsp3) is 0.300. The molecule has 0 saturated carbocycles. The monoisotopic (exact) mass is 473 g/mol. The molecule has 1 aliphatic heterocycles. The summed E-state index contributed by atoms with van der Waals surface area (Å²) in [6.45, 7) is 3.52. The fourth-order valence-electron chi connectivity index (χ4n) is 3.23. The highest BCUT2D eigenvalue weighted by Gasteiger charge is 2.30. The first-order valence-corrected chi connectivity index (χ1v) is 12.3. The van der Waals surface area contributed by atoms with Crippen molar-refractivity contribution in [1.82, 2.24) is 24.8 Å². The predicted molar refractivity (Wildman–Crippen MR) is 122 cm³/mol. The largest absolute Gasteiger partial charge is 0.352 e. The lowest BCUT2D eigenvalue weighted by atomic mass is 10.3. The van der Waals surface area contributed by atoms with Gasteiger partial charge in [0.25, 0.3) is 10.0 Å². The van der Waals surface area contributed by atoms with Gasteiger partial charge in [-0.25, -0.2) is 8.42 Å². The van der Waals surface area contributed by atoms with Crippen LogP contribution >= 0.6 is 11.3 Å². The Bertz CT molecular complexity index is 1160. The van der Waals surface area contributed by atoms with Crippen LogP contribution in [-0.4, -0.2) is 60.0 Å². The number of pyridine rings is 1. The van der Waals surface area contributed by atoms with Gasteiger partial charge in [0.05, 0.1) is 18.4 Å². The maximum absolute atomic E-state index is 13.0. The number of anilines is 3. The normalized spacial score (nSPS) is 14.8. The van der Waals surface area contributed by atoms with Crippen LogP contribution in [0.2, 0.25) is 0 Å². The number of carbonyl (C=O) groups excluding carboxylic acids is 1. The van der Waals surface area contributed by atoms with Crippen LogP contribution in [0, 0.1) is 0 Å². The van der Waals surface area contributed by atoms with E-state index < -0.39 is 10.0 Å². The molecule has 3 aromatic heterocycles. The number of nitrogens with one attached hydrogen (secondary N) is 2. The van der Waals surface area contributed by atoms with Gasteiger partial charge in [0.1, 0.15) is 4.21 Å². The van der Waals surface area contributed by atoms with E-state index in [1.54, 1.807) is 24.5 Å². The van der Waals surface area contributed by atoms with E-state index >= 15 is 0 Å². The van der Waals surface area contributed by atoms with Crippen molar-refractivity contribution in [2.24, 2.45) is 0 Å². The van der Waals surface area contributed by atoms with Crippen molar-refractivity contribution in [3.8, 4) is 0 Å². The minimum atomic E-state index is -3.57. The second kappa shape index (κ2) is 9.59. The molecule has 4 heterocycles. The summed E-state index contributed by atoms with van der Waals surface area (Å²) in [5.41, 5.74) is 0.821. The molecule has 12 heteroatoms. The Morgan fingerprint density at radius 3 is 2.56 bits per heavy atom. The molecule has 168 valence electrons. The standard InChI is InChI=1S/C20H23N7O3S2/c1-15(28)22-14-17-4-7-20(31-17)32(29,30)27-11-9-26(10-12-27)19-6-5-18(24-25-19)23-16-3-2-8-21-13-16/h2-8,13H,9-12,14H2,1H3,(H,22,28)(H,23,24). The Labute approximate surface area is 190 Å². The van der Waals surface area contributed by atoms with Crippen LogP contribution in [-0.2, 0) is 21.4 Å². The van der Waals surface area contributed by atoms with Crippen LogP contribution < -0.4 is 15.5 Å². The summed E-state index contributed by atoms with van der Waals surface area (Å²) in [7, 11) is -3.57. The number of rotatable bonds is 7. The van der Waals surface area contributed by atoms with Gasteiger partial charge >= 0.3 is 0 Å². The van der Waals surface area contributed by atoms with Crippen molar-refractivity contribution >= 4 is 44.6 Å². The molecule has 3 aromatic rings. The zero-order valence-corrected chi connectivity index (χ0v) is 19.1. The zero-order chi connectivity index (χ0) is 22.6. The Hall–Kier alpha value is -3.09. The van der Waals surface area contributed by atoms with Gasteiger partial charge < -0.3 is 15.5 Å². The number of nitrogens with zero attached hydrogens (tertiary/aromatic N) is 5. The van der Waals surface area contributed by atoms with Crippen LogP contribution in [0.5, 0.6) is 0 Å². The summed E-state index contributed by atoms with van der Waals surface area (Å²) >= 11 is 1.18. The van der Waals surface area contributed by atoms with E-state index in [4.69, 9.17) is 0 Å². The highest BCUT2D eigenvalue weighted by Crippen LogP contribution is 2.26. The van der Waals surface area contributed by atoms with E-state index in [0.717, 1.165) is 10.6 Å². The number of hydrogen-bond acceptors (Lipinski definition) is 9. The second-order valence-corrected chi connectivity index (χ2v) is 10.5. The van der Waals surface area contributed by atoms with Crippen LogP contribution in [0.1, 0.15) is 11.8 Å². The molecule has 0 bridgehead atoms. The SMILES string of the molecule is CC(=O)NCc1ccc(S(=O)(=O)N2CCN(c3ccc(Nc4cccnc4)nn3)CC2)s1. The quantitative estimate of drug-likeness (QED) is 0.533. The third-order valence-electron chi connectivity index (χ3n) is 4.89. The number of sulfonamides is 1. The van der Waals surface area contributed by atoms with Crippen molar-refractivity contribution in [3.63, 3.8) is 0 Å². The highest BCUT2D eigenvalue weighted by atomic mass is 32.2. The summed E-state index contributed by atoms with van der Waals surface area (Å²) in [4.78, 5) is 17.9. The Balaban J connectivity index is 1.35. The van der Waals surface area contributed by atoms with E-state index in [0.29, 0.717) is 44.4 Å². The minimum Gasteiger partial charge on any atom is -0.352 e. The molecular weight excluding hydrogens is 450 g/mol. The van der Waals surface area contributed by atoms with E-state index in [9.17, 15) is 13.2 Å². The van der Waals surface area contributed by atoms with Crippen molar-refractivity contribution < 1.29 is 13.2 Å². The first-order valence-electron chi connectivity index (χ1n) is 10.0. The first-order chi connectivity index (χ1) is 15.4. The van der Waals surface area contributed by atoms with Crippen molar-refractivity contribution in [2.45, 2.75) is 17.7 Å². The number of piperazine rings is 1. The molecule has 1 saturated heterocycles. The van der Waals surface area contributed by atoms with Crippen molar-refractivity contribution in [3.05, 3.63) is 53.7 Å². The van der Waals surface area contributed by atoms with Crippen LogP contribution in [0.15, 0.2) is 53.0 Å². The molecule has 1 fully saturated rings. The maximum atomic E-state index is 13.0. The summed E-state index contributed by atoms with van der Waals surface area (Å²) in [6, 6.07) is 10.8.